The molecule has 1 aromatic heterocycles. The second-order valence-electron chi connectivity index (χ2n) is 2.14. The van der Waals surface area contributed by atoms with Crippen molar-refractivity contribution in [2.75, 3.05) is 0 Å². The van der Waals surface area contributed by atoms with Crippen molar-refractivity contribution in [3.8, 4) is 0 Å². The van der Waals surface area contributed by atoms with Gasteiger partial charge in [0.2, 0.25) is 0 Å². The number of halogens is 1. The molecule has 1 N–H and O–H groups in total. The number of nitrogens with zero attached hydrogens (tertiary/aromatic N) is 2. The molecule has 64 valence electrons. The fourth-order valence-corrected chi connectivity index (χ4v) is 0.934. The maximum absolute atomic E-state index is 10.8. The highest BCUT2D eigenvalue weighted by Crippen LogP contribution is 2.09. The Balaban J connectivity index is 3.43. The zero-order valence-electron chi connectivity index (χ0n) is 6.11. The van der Waals surface area contributed by atoms with Crippen LogP contribution in [0.2, 0.25) is 5.02 Å². The number of carbonyl (C=O) groups is 1. The fourth-order valence-electron chi connectivity index (χ4n) is 0.664. The standard InChI is InChI=1S/C6H5ClN2O3/c1-9-2-3(7)4(5(10)11)8-6(9)12/h2H,1H3,(H,10,11). The van der Waals surface area contributed by atoms with Crippen molar-refractivity contribution in [3.63, 3.8) is 0 Å². The van der Waals surface area contributed by atoms with Crippen molar-refractivity contribution < 1.29 is 9.90 Å². The number of aromatic carboxylic acids is 1. The Bertz CT molecular complexity index is 385. The molecule has 0 spiro atoms. The zero-order chi connectivity index (χ0) is 9.30. The van der Waals surface area contributed by atoms with Crippen LogP contribution in [0.15, 0.2) is 11.0 Å². The van der Waals surface area contributed by atoms with E-state index in [-0.39, 0.29) is 5.02 Å². The Hall–Kier alpha value is -1.36. The van der Waals surface area contributed by atoms with E-state index in [9.17, 15) is 9.59 Å². The molecule has 1 heterocycles. The quantitative estimate of drug-likeness (QED) is 0.680. The van der Waals surface area contributed by atoms with E-state index in [2.05, 4.69) is 4.98 Å². The number of aryl methyl sites for hydroxylation is 1. The molecule has 0 fully saturated rings. The molecule has 1 rings (SSSR count). The first-order valence-corrected chi connectivity index (χ1v) is 3.36. The van der Waals surface area contributed by atoms with E-state index in [1.54, 1.807) is 0 Å². The van der Waals surface area contributed by atoms with Crippen LogP contribution in [0.1, 0.15) is 10.5 Å². The van der Waals surface area contributed by atoms with Gasteiger partial charge in [-0.05, 0) is 0 Å². The average molecular weight is 189 g/mol. The molecular formula is C6H5ClN2O3. The Morgan fingerprint density at radius 2 is 2.33 bits per heavy atom. The molecule has 5 nitrogen and oxygen atoms in total. The van der Waals surface area contributed by atoms with Crippen molar-refractivity contribution in [2.45, 2.75) is 0 Å². The lowest BCUT2D eigenvalue weighted by molar-refractivity contribution is 0.0690. The van der Waals surface area contributed by atoms with Crippen LogP contribution in [0.5, 0.6) is 0 Å². The van der Waals surface area contributed by atoms with Crippen LogP contribution < -0.4 is 5.69 Å². The number of carboxylic acid groups (broad SMARTS) is 1. The molecule has 0 atom stereocenters. The van der Waals surface area contributed by atoms with Gasteiger partial charge in [0.15, 0.2) is 5.69 Å². The molecule has 0 aliphatic heterocycles. The molecule has 0 radical (unpaired) electrons. The Morgan fingerprint density at radius 3 is 2.83 bits per heavy atom. The van der Waals surface area contributed by atoms with Gasteiger partial charge in [-0.2, -0.15) is 4.98 Å². The van der Waals surface area contributed by atoms with Crippen LogP contribution in [0.25, 0.3) is 0 Å². The molecule has 0 unspecified atom stereocenters. The van der Waals surface area contributed by atoms with Crippen LogP contribution in [0.4, 0.5) is 0 Å². The van der Waals surface area contributed by atoms with Gasteiger partial charge in [0.1, 0.15) is 0 Å². The highest BCUT2D eigenvalue weighted by Gasteiger charge is 2.11. The minimum Gasteiger partial charge on any atom is -0.476 e. The van der Waals surface area contributed by atoms with Crippen molar-refractivity contribution in [3.05, 3.63) is 27.4 Å². The van der Waals surface area contributed by atoms with E-state index in [0.29, 0.717) is 0 Å². The number of aromatic nitrogens is 2. The summed E-state index contributed by atoms with van der Waals surface area (Å²) in [4.78, 5) is 24.5. The Morgan fingerprint density at radius 1 is 1.75 bits per heavy atom. The van der Waals surface area contributed by atoms with Gasteiger partial charge >= 0.3 is 11.7 Å². The molecular weight excluding hydrogens is 184 g/mol. The highest BCUT2D eigenvalue weighted by molar-refractivity contribution is 6.33. The third-order valence-electron chi connectivity index (χ3n) is 1.24. The SMILES string of the molecule is Cn1cc(Cl)c(C(=O)O)nc1=O. The lowest BCUT2D eigenvalue weighted by atomic mass is 10.4. The summed E-state index contributed by atoms with van der Waals surface area (Å²) in [5, 5.41) is 8.43. The molecule has 0 saturated carbocycles. The lowest BCUT2D eigenvalue weighted by Gasteiger charge is -1.98. The largest absolute Gasteiger partial charge is 0.476 e. The van der Waals surface area contributed by atoms with E-state index in [1.165, 1.54) is 13.2 Å². The van der Waals surface area contributed by atoms with E-state index in [1.807, 2.05) is 0 Å². The molecule has 0 aromatic carbocycles. The Labute approximate surface area is 72.2 Å². The summed E-state index contributed by atoms with van der Waals surface area (Å²) in [6.07, 6.45) is 1.21. The van der Waals surface area contributed by atoms with Gasteiger partial charge in [-0.15, -0.1) is 0 Å². The number of hydrogen-bond acceptors (Lipinski definition) is 3. The second-order valence-corrected chi connectivity index (χ2v) is 2.54. The van der Waals surface area contributed by atoms with E-state index < -0.39 is 17.4 Å². The predicted octanol–water partition coefficient (Wildman–Crippen LogP) is 0.132. The fraction of sp³-hybridized carbons (Fsp3) is 0.167. The molecule has 0 aliphatic carbocycles. The first kappa shape index (κ1) is 8.73. The lowest BCUT2D eigenvalue weighted by Crippen LogP contribution is -2.22. The van der Waals surface area contributed by atoms with Crippen molar-refractivity contribution in [1.82, 2.24) is 9.55 Å². The van der Waals surface area contributed by atoms with Gasteiger partial charge in [-0.1, -0.05) is 11.6 Å². The van der Waals surface area contributed by atoms with Crippen molar-refractivity contribution >= 4 is 17.6 Å². The zero-order valence-corrected chi connectivity index (χ0v) is 6.87. The predicted molar refractivity (Wildman–Crippen MR) is 41.4 cm³/mol. The first-order valence-electron chi connectivity index (χ1n) is 2.99. The highest BCUT2D eigenvalue weighted by atomic mass is 35.5. The number of carboxylic acids is 1. The van der Waals surface area contributed by atoms with Crippen LogP contribution >= 0.6 is 11.6 Å². The first-order chi connectivity index (χ1) is 5.52. The minimum absolute atomic E-state index is 0.0513. The molecule has 6 heteroatoms. The third-order valence-corrected chi connectivity index (χ3v) is 1.52. The van der Waals surface area contributed by atoms with Gasteiger partial charge in [0.25, 0.3) is 0 Å². The van der Waals surface area contributed by atoms with Gasteiger partial charge in [0, 0.05) is 13.2 Å². The van der Waals surface area contributed by atoms with Gasteiger partial charge < -0.3 is 9.67 Å². The maximum atomic E-state index is 10.8. The summed E-state index contributed by atoms with van der Waals surface area (Å²) in [7, 11) is 1.44. The third kappa shape index (κ3) is 1.45. The summed E-state index contributed by atoms with van der Waals surface area (Å²) in [5.41, 5.74) is -1.06. The minimum atomic E-state index is -1.31. The Kier molecular flexibility index (Phi) is 2.14. The normalized spacial score (nSPS) is 9.83. The summed E-state index contributed by atoms with van der Waals surface area (Å²) in [6.45, 7) is 0. The van der Waals surface area contributed by atoms with Crippen LogP contribution in [-0.2, 0) is 7.05 Å². The van der Waals surface area contributed by atoms with Crippen LogP contribution in [0.3, 0.4) is 0 Å². The smallest absolute Gasteiger partial charge is 0.356 e. The summed E-state index contributed by atoms with van der Waals surface area (Å²) >= 11 is 5.49. The summed E-state index contributed by atoms with van der Waals surface area (Å²) in [5.74, 6) is -1.31. The monoisotopic (exact) mass is 188 g/mol. The molecule has 1 aromatic rings. The maximum Gasteiger partial charge on any atom is 0.356 e. The van der Waals surface area contributed by atoms with E-state index >= 15 is 0 Å². The molecule has 12 heavy (non-hydrogen) atoms. The van der Waals surface area contributed by atoms with Gasteiger partial charge in [-0.25, -0.2) is 9.59 Å². The van der Waals surface area contributed by atoms with Gasteiger partial charge in [0.05, 0.1) is 5.02 Å². The topological polar surface area (TPSA) is 72.2 Å². The van der Waals surface area contributed by atoms with Crippen molar-refractivity contribution in [2.24, 2.45) is 7.05 Å². The van der Waals surface area contributed by atoms with E-state index in [4.69, 9.17) is 16.7 Å². The number of rotatable bonds is 1. The van der Waals surface area contributed by atoms with Crippen molar-refractivity contribution in [1.29, 1.82) is 0 Å². The molecule has 0 saturated heterocycles. The van der Waals surface area contributed by atoms with Crippen LogP contribution in [-0.4, -0.2) is 20.6 Å². The second kappa shape index (κ2) is 2.94. The summed E-state index contributed by atoms with van der Waals surface area (Å²) in [6, 6.07) is 0. The molecule has 0 amide bonds. The van der Waals surface area contributed by atoms with Gasteiger partial charge in [-0.3, -0.25) is 0 Å². The molecule has 0 aliphatic rings. The summed E-state index contributed by atoms with van der Waals surface area (Å²) < 4.78 is 1.11. The molecule has 0 bridgehead atoms. The van der Waals surface area contributed by atoms with E-state index in [0.717, 1.165) is 4.57 Å². The average Bonchev–Trinajstić information content (AvgIpc) is 1.96. The number of hydrogen-bond donors (Lipinski definition) is 1. The van der Waals surface area contributed by atoms with Crippen LogP contribution in [0, 0.1) is 0 Å².